The molecule has 2 heterocycles. The fourth-order valence-corrected chi connectivity index (χ4v) is 1.86. The van der Waals surface area contributed by atoms with E-state index in [4.69, 9.17) is 19.8 Å². The minimum absolute atomic E-state index is 0.866. The lowest BCUT2D eigenvalue weighted by molar-refractivity contribution is -0.193. The number of aryl methyl sites for hydroxylation is 1. The normalized spacial score (nSPS) is 13.6. The van der Waals surface area contributed by atoms with Crippen LogP contribution in [-0.2, 0) is 16.1 Å². The van der Waals surface area contributed by atoms with E-state index in [9.17, 15) is 26.3 Å². The molecule has 0 atom stereocenters. The lowest BCUT2D eigenvalue weighted by Crippen LogP contribution is -2.29. The number of rotatable bonds is 2. The highest BCUT2D eigenvalue weighted by atomic mass is 19.4. The highest BCUT2D eigenvalue weighted by molar-refractivity contribution is 5.73. The SMILES string of the molecule is C=CCN1CCNCc2ccc(C)nc21.O=C(O)C(F)(F)F.O=C(O)C(F)(F)F. The smallest absolute Gasteiger partial charge is 0.475 e. The summed E-state index contributed by atoms with van der Waals surface area (Å²) in [6.07, 6.45) is -8.24. The molecule has 0 amide bonds. The number of halogens is 6. The summed E-state index contributed by atoms with van der Waals surface area (Å²) in [6.45, 7) is 9.60. The molecule has 0 spiro atoms. The minimum atomic E-state index is -5.08. The average Bonchev–Trinajstić information content (AvgIpc) is 2.77. The van der Waals surface area contributed by atoms with Crippen molar-refractivity contribution in [2.24, 2.45) is 0 Å². The summed E-state index contributed by atoms with van der Waals surface area (Å²) in [4.78, 5) is 24.7. The summed E-state index contributed by atoms with van der Waals surface area (Å²) in [7, 11) is 0. The Morgan fingerprint density at radius 3 is 2.07 bits per heavy atom. The van der Waals surface area contributed by atoms with Crippen molar-refractivity contribution in [3.8, 4) is 0 Å². The van der Waals surface area contributed by atoms with Crippen LogP contribution in [0.1, 0.15) is 11.3 Å². The predicted octanol–water partition coefficient (Wildman–Crippen LogP) is 2.75. The van der Waals surface area contributed by atoms with Crippen molar-refractivity contribution in [2.45, 2.75) is 25.8 Å². The monoisotopic (exact) mass is 431 g/mol. The molecule has 0 unspecified atom stereocenters. The van der Waals surface area contributed by atoms with Crippen LogP contribution in [0.25, 0.3) is 0 Å². The summed E-state index contributed by atoms with van der Waals surface area (Å²) in [6, 6.07) is 4.23. The molecule has 0 saturated carbocycles. The Morgan fingerprint density at radius 1 is 1.17 bits per heavy atom. The van der Waals surface area contributed by atoms with E-state index < -0.39 is 24.3 Å². The molecule has 0 aromatic carbocycles. The third-order valence-corrected chi connectivity index (χ3v) is 3.10. The molecule has 1 aromatic heterocycles. The minimum Gasteiger partial charge on any atom is -0.475 e. The number of aromatic nitrogens is 1. The van der Waals surface area contributed by atoms with Gasteiger partial charge in [0.1, 0.15) is 5.82 Å². The quantitative estimate of drug-likeness (QED) is 0.489. The van der Waals surface area contributed by atoms with Crippen LogP contribution in [-0.4, -0.2) is 59.1 Å². The van der Waals surface area contributed by atoms with Crippen molar-refractivity contribution in [1.82, 2.24) is 10.3 Å². The zero-order valence-electron chi connectivity index (χ0n) is 15.1. The maximum atomic E-state index is 10.6. The Labute approximate surface area is 161 Å². The van der Waals surface area contributed by atoms with Crippen LogP contribution < -0.4 is 10.2 Å². The number of hydrogen-bond acceptors (Lipinski definition) is 5. The van der Waals surface area contributed by atoms with Gasteiger partial charge in [0.25, 0.3) is 0 Å². The first-order valence-electron chi connectivity index (χ1n) is 7.83. The number of pyridine rings is 1. The first kappa shape index (κ1) is 26.2. The molecule has 0 radical (unpaired) electrons. The van der Waals surface area contributed by atoms with E-state index in [1.807, 2.05) is 13.0 Å². The summed E-state index contributed by atoms with van der Waals surface area (Å²) >= 11 is 0. The number of nitrogens with one attached hydrogen (secondary N) is 1. The van der Waals surface area contributed by atoms with Gasteiger partial charge in [-0.05, 0) is 13.0 Å². The van der Waals surface area contributed by atoms with E-state index in [1.54, 1.807) is 0 Å². The molecular weight excluding hydrogens is 412 g/mol. The van der Waals surface area contributed by atoms with E-state index in [0.29, 0.717) is 0 Å². The maximum absolute atomic E-state index is 10.6. The van der Waals surface area contributed by atoms with E-state index >= 15 is 0 Å². The molecule has 0 fully saturated rings. The summed E-state index contributed by atoms with van der Waals surface area (Å²) in [5.74, 6) is -4.40. The van der Waals surface area contributed by atoms with Gasteiger partial charge in [-0.15, -0.1) is 6.58 Å². The second-order valence-electron chi connectivity index (χ2n) is 5.45. The molecule has 164 valence electrons. The van der Waals surface area contributed by atoms with Crippen LogP contribution >= 0.6 is 0 Å². The van der Waals surface area contributed by atoms with Gasteiger partial charge in [0, 0.05) is 37.4 Å². The molecular formula is C16H19F6N3O4. The molecule has 1 aliphatic heterocycles. The summed E-state index contributed by atoms with van der Waals surface area (Å²) in [5, 5.41) is 17.6. The average molecular weight is 431 g/mol. The molecule has 0 bridgehead atoms. The first-order valence-corrected chi connectivity index (χ1v) is 7.83. The van der Waals surface area contributed by atoms with Gasteiger partial charge in [0.15, 0.2) is 0 Å². The molecule has 29 heavy (non-hydrogen) atoms. The molecule has 13 heteroatoms. The van der Waals surface area contributed by atoms with Crippen LogP contribution in [0.2, 0.25) is 0 Å². The Morgan fingerprint density at radius 2 is 1.66 bits per heavy atom. The third kappa shape index (κ3) is 10.3. The second-order valence-corrected chi connectivity index (χ2v) is 5.45. The number of hydrogen-bond donors (Lipinski definition) is 3. The molecule has 0 aliphatic carbocycles. The number of fused-ring (bicyclic) bond motifs is 1. The second kappa shape index (κ2) is 11.2. The number of carbonyl (C=O) groups is 2. The number of carboxylic acids is 2. The van der Waals surface area contributed by atoms with E-state index in [2.05, 4.69) is 33.9 Å². The van der Waals surface area contributed by atoms with E-state index in [0.717, 1.165) is 37.7 Å². The van der Waals surface area contributed by atoms with E-state index in [1.165, 1.54) is 5.56 Å². The summed E-state index contributed by atoms with van der Waals surface area (Å²) in [5.41, 5.74) is 2.35. The van der Waals surface area contributed by atoms with Crippen LogP contribution in [0, 0.1) is 6.92 Å². The maximum Gasteiger partial charge on any atom is 0.490 e. The molecule has 0 saturated heterocycles. The zero-order chi connectivity index (χ0) is 22.8. The van der Waals surface area contributed by atoms with Crippen LogP contribution in [0.3, 0.4) is 0 Å². The number of aliphatic carboxylic acids is 2. The standard InChI is InChI=1S/C12H17N3.2C2HF3O2/c1-3-7-15-8-6-13-9-11-5-4-10(2)14-12(11)15;2*3-2(4,5)1(6)7/h3-5,13H,1,6-9H2,2H3;2*(H,6,7). The van der Waals surface area contributed by atoms with Gasteiger partial charge in [-0.3, -0.25) is 0 Å². The first-order chi connectivity index (χ1) is 13.2. The largest absolute Gasteiger partial charge is 0.490 e. The zero-order valence-corrected chi connectivity index (χ0v) is 15.1. The fraction of sp³-hybridized carbons (Fsp3) is 0.438. The van der Waals surface area contributed by atoms with Crippen molar-refractivity contribution in [2.75, 3.05) is 24.5 Å². The van der Waals surface area contributed by atoms with Gasteiger partial charge in [-0.25, -0.2) is 14.6 Å². The number of carboxylic acid groups (broad SMARTS) is 2. The molecule has 2 rings (SSSR count). The topological polar surface area (TPSA) is 103 Å². The van der Waals surface area contributed by atoms with Crippen LogP contribution in [0.4, 0.5) is 32.2 Å². The Hall–Kier alpha value is -2.83. The van der Waals surface area contributed by atoms with Crippen LogP contribution in [0.15, 0.2) is 24.8 Å². The lowest BCUT2D eigenvalue weighted by Gasteiger charge is -2.21. The van der Waals surface area contributed by atoms with Gasteiger partial charge in [0.2, 0.25) is 0 Å². The summed E-state index contributed by atoms with van der Waals surface area (Å²) < 4.78 is 63.5. The Kier molecular flexibility index (Phi) is 10.1. The van der Waals surface area contributed by atoms with Gasteiger partial charge in [-0.1, -0.05) is 12.1 Å². The number of nitrogens with zero attached hydrogens (tertiary/aromatic N) is 2. The Bertz CT molecular complexity index is 683. The number of anilines is 1. The predicted molar refractivity (Wildman–Crippen MR) is 90.5 cm³/mol. The van der Waals surface area contributed by atoms with Crippen molar-refractivity contribution >= 4 is 17.8 Å². The fourth-order valence-electron chi connectivity index (χ4n) is 1.86. The molecule has 1 aromatic rings. The van der Waals surface area contributed by atoms with Gasteiger partial charge < -0.3 is 20.4 Å². The van der Waals surface area contributed by atoms with Gasteiger partial charge in [0.05, 0.1) is 0 Å². The highest BCUT2D eigenvalue weighted by Gasteiger charge is 2.38. The highest BCUT2D eigenvalue weighted by Crippen LogP contribution is 2.20. The third-order valence-electron chi connectivity index (χ3n) is 3.10. The number of alkyl halides is 6. The van der Waals surface area contributed by atoms with Crippen molar-refractivity contribution in [3.05, 3.63) is 36.0 Å². The van der Waals surface area contributed by atoms with E-state index in [-0.39, 0.29) is 0 Å². The van der Waals surface area contributed by atoms with Crippen molar-refractivity contribution < 1.29 is 46.1 Å². The lowest BCUT2D eigenvalue weighted by atomic mass is 10.2. The van der Waals surface area contributed by atoms with Crippen molar-refractivity contribution in [3.63, 3.8) is 0 Å². The molecule has 3 N–H and O–H groups in total. The van der Waals surface area contributed by atoms with Crippen molar-refractivity contribution in [1.29, 1.82) is 0 Å². The molecule has 1 aliphatic rings. The van der Waals surface area contributed by atoms with Gasteiger partial charge >= 0.3 is 24.3 Å². The Balaban J connectivity index is 0.000000473. The van der Waals surface area contributed by atoms with Crippen LogP contribution in [0.5, 0.6) is 0 Å². The van der Waals surface area contributed by atoms with Gasteiger partial charge in [-0.2, -0.15) is 26.3 Å². The molecule has 7 nitrogen and oxygen atoms in total.